The lowest BCUT2D eigenvalue weighted by Gasteiger charge is -2.26. The van der Waals surface area contributed by atoms with Crippen molar-refractivity contribution in [2.24, 2.45) is 5.92 Å². The van der Waals surface area contributed by atoms with Gasteiger partial charge in [0.25, 0.3) is 5.82 Å². The third-order valence-corrected chi connectivity index (χ3v) is 4.27. The van der Waals surface area contributed by atoms with Crippen LogP contribution in [0.5, 0.6) is 0 Å². The van der Waals surface area contributed by atoms with Crippen LogP contribution in [0.2, 0.25) is 0 Å². The molecule has 0 aliphatic carbocycles. The van der Waals surface area contributed by atoms with Crippen molar-refractivity contribution in [3.05, 3.63) is 48.2 Å². The SMILES string of the molecule is CC1CCN(c2[nH+]ccc(-c3ccccc3)c2C#N)CC1. The van der Waals surface area contributed by atoms with Crippen LogP contribution in [0.1, 0.15) is 25.3 Å². The van der Waals surface area contributed by atoms with E-state index in [2.05, 4.69) is 35.0 Å². The number of H-pyrrole nitrogens is 1. The van der Waals surface area contributed by atoms with Gasteiger partial charge in [-0.3, -0.25) is 4.90 Å². The number of rotatable bonds is 2. The Labute approximate surface area is 125 Å². The highest BCUT2D eigenvalue weighted by atomic mass is 15.2. The summed E-state index contributed by atoms with van der Waals surface area (Å²) in [6, 6.07) is 14.5. The average molecular weight is 278 g/mol. The summed E-state index contributed by atoms with van der Waals surface area (Å²) >= 11 is 0. The van der Waals surface area contributed by atoms with E-state index in [-0.39, 0.29) is 0 Å². The molecule has 0 spiro atoms. The minimum atomic E-state index is 0.748. The highest BCUT2D eigenvalue weighted by Gasteiger charge is 2.27. The fourth-order valence-corrected chi connectivity index (χ4v) is 2.94. The highest BCUT2D eigenvalue weighted by molar-refractivity contribution is 5.74. The number of aromatic nitrogens is 1. The molecule has 1 saturated heterocycles. The number of nitriles is 1. The zero-order chi connectivity index (χ0) is 14.7. The van der Waals surface area contributed by atoms with Crippen LogP contribution in [0.15, 0.2) is 42.6 Å². The molecule has 1 N–H and O–H groups in total. The fraction of sp³-hybridized carbons (Fsp3) is 0.333. The van der Waals surface area contributed by atoms with Crippen LogP contribution < -0.4 is 9.88 Å². The van der Waals surface area contributed by atoms with Gasteiger partial charge in [0, 0.05) is 5.56 Å². The number of hydrogen-bond acceptors (Lipinski definition) is 2. The third-order valence-electron chi connectivity index (χ3n) is 4.27. The Kier molecular flexibility index (Phi) is 3.87. The first-order chi connectivity index (χ1) is 10.3. The molecule has 21 heavy (non-hydrogen) atoms. The minimum Gasteiger partial charge on any atom is -0.261 e. The molecule has 1 aliphatic rings. The number of anilines is 1. The van der Waals surface area contributed by atoms with Crippen LogP contribution in [0.3, 0.4) is 0 Å². The normalized spacial score (nSPS) is 15.7. The minimum absolute atomic E-state index is 0.748. The van der Waals surface area contributed by atoms with E-state index in [0.29, 0.717) is 0 Å². The van der Waals surface area contributed by atoms with Crippen molar-refractivity contribution in [3.63, 3.8) is 0 Å². The van der Waals surface area contributed by atoms with Crippen molar-refractivity contribution < 1.29 is 4.98 Å². The van der Waals surface area contributed by atoms with E-state index in [0.717, 1.165) is 41.5 Å². The molecule has 1 aromatic heterocycles. The van der Waals surface area contributed by atoms with Crippen molar-refractivity contribution >= 4 is 5.82 Å². The first kappa shape index (κ1) is 13.6. The second-order valence-corrected chi connectivity index (χ2v) is 5.76. The molecule has 3 nitrogen and oxygen atoms in total. The van der Waals surface area contributed by atoms with E-state index in [1.54, 1.807) is 0 Å². The lowest BCUT2D eigenvalue weighted by Crippen LogP contribution is -2.37. The van der Waals surface area contributed by atoms with E-state index in [9.17, 15) is 5.26 Å². The van der Waals surface area contributed by atoms with Gasteiger partial charge in [0.1, 0.15) is 11.6 Å². The molecule has 1 aromatic carbocycles. The molecule has 106 valence electrons. The summed E-state index contributed by atoms with van der Waals surface area (Å²) in [4.78, 5) is 5.60. The maximum Gasteiger partial charge on any atom is 0.293 e. The van der Waals surface area contributed by atoms with Crippen LogP contribution >= 0.6 is 0 Å². The van der Waals surface area contributed by atoms with E-state index in [4.69, 9.17) is 0 Å². The monoisotopic (exact) mass is 278 g/mol. The summed E-state index contributed by atoms with van der Waals surface area (Å²) in [6.07, 6.45) is 4.32. The summed E-state index contributed by atoms with van der Waals surface area (Å²) < 4.78 is 0. The van der Waals surface area contributed by atoms with Gasteiger partial charge in [-0.1, -0.05) is 37.3 Å². The maximum atomic E-state index is 9.65. The first-order valence-corrected chi connectivity index (χ1v) is 7.54. The number of benzene rings is 1. The Hall–Kier alpha value is -2.34. The lowest BCUT2D eigenvalue weighted by atomic mass is 9.97. The van der Waals surface area contributed by atoms with Crippen molar-refractivity contribution in [3.8, 4) is 17.2 Å². The molecule has 3 heteroatoms. The first-order valence-electron chi connectivity index (χ1n) is 7.54. The number of pyridine rings is 1. The van der Waals surface area contributed by atoms with Crippen LogP contribution in [0, 0.1) is 17.2 Å². The Bertz CT molecular complexity index is 650. The molecule has 0 amide bonds. The van der Waals surface area contributed by atoms with E-state index < -0.39 is 0 Å². The molecular weight excluding hydrogens is 258 g/mol. The molecule has 1 aliphatic heterocycles. The number of nitrogens with one attached hydrogen (secondary N) is 1. The Balaban J connectivity index is 2.01. The lowest BCUT2D eigenvalue weighted by molar-refractivity contribution is -0.364. The van der Waals surface area contributed by atoms with Crippen LogP contribution in [-0.4, -0.2) is 13.1 Å². The van der Waals surface area contributed by atoms with Gasteiger partial charge >= 0.3 is 0 Å². The topological polar surface area (TPSA) is 41.2 Å². The Morgan fingerprint density at radius 2 is 1.86 bits per heavy atom. The maximum absolute atomic E-state index is 9.65. The largest absolute Gasteiger partial charge is 0.293 e. The van der Waals surface area contributed by atoms with E-state index in [1.807, 2.05) is 30.5 Å². The van der Waals surface area contributed by atoms with Gasteiger partial charge < -0.3 is 0 Å². The van der Waals surface area contributed by atoms with Gasteiger partial charge in [-0.15, -0.1) is 0 Å². The zero-order valence-corrected chi connectivity index (χ0v) is 12.3. The number of hydrogen-bond donors (Lipinski definition) is 0. The fourth-order valence-electron chi connectivity index (χ4n) is 2.94. The molecule has 2 heterocycles. The second kappa shape index (κ2) is 5.97. The van der Waals surface area contributed by atoms with Gasteiger partial charge in [0.2, 0.25) is 0 Å². The number of aromatic amines is 1. The summed E-state index contributed by atoms with van der Waals surface area (Å²) in [5.41, 5.74) is 2.85. The van der Waals surface area contributed by atoms with Crippen molar-refractivity contribution in [1.82, 2.24) is 0 Å². The van der Waals surface area contributed by atoms with Crippen molar-refractivity contribution in [1.29, 1.82) is 5.26 Å². The molecule has 0 radical (unpaired) electrons. The summed E-state index contributed by atoms with van der Waals surface area (Å²) in [5.74, 6) is 1.75. The van der Waals surface area contributed by atoms with Gasteiger partial charge in [-0.2, -0.15) is 5.26 Å². The molecule has 0 atom stereocenters. The smallest absolute Gasteiger partial charge is 0.261 e. The Morgan fingerprint density at radius 1 is 1.14 bits per heavy atom. The second-order valence-electron chi connectivity index (χ2n) is 5.76. The average Bonchev–Trinajstić information content (AvgIpc) is 2.55. The van der Waals surface area contributed by atoms with Crippen LogP contribution in [-0.2, 0) is 0 Å². The quantitative estimate of drug-likeness (QED) is 0.846. The third kappa shape index (κ3) is 2.75. The van der Waals surface area contributed by atoms with Gasteiger partial charge in [0.15, 0.2) is 0 Å². The standard InChI is InChI=1S/C18H19N3/c1-14-8-11-21(12-9-14)18-17(13-19)16(7-10-20-18)15-5-3-2-4-6-15/h2-7,10,14H,8-9,11-12H2,1H3/p+1. The zero-order valence-electron chi connectivity index (χ0n) is 12.3. The number of piperidine rings is 1. The molecular formula is C18H20N3+. The number of nitrogens with zero attached hydrogens (tertiary/aromatic N) is 2. The van der Waals surface area contributed by atoms with Gasteiger partial charge in [0.05, 0.1) is 19.3 Å². The summed E-state index contributed by atoms with van der Waals surface area (Å²) in [5, 5.41) is 9.65. The van der Waals surface area contributed by atoms with Gasteiger partial charge in [-0.25, -0.2) is 4.98 Å². The molecule has 3 rings (SSSR count). The summed E-state index contributed by atoms with van der Waals surface area (Å²) in [7, 11) is 0. The van der Waals surface area contributed by atoms with E-state index in [1.165, 1.54) is 12.8 Å². The molecule has 0 saturated carbocycles. The van der Waals surface area contributed by atoms with Crippen LogP contribution in [0.4, 0.5) is 5.82 Å². The predicted octanol–water partition coefficient (Wildman–Crippen LogP) is 3.28. The van der Waals surface area contributed by atoms with Crippen molar-refractivity contribution in [2.75, 3.05) is 18.0 Å². The van der Waals surface area contributed by atoms with Crippen molar-refractivity contribution in [2.45, 2.75) is 19.8 Å². The predicted molar refractivity (Wildman–Crippen MR) is 83.8 cm³/mol. The molecule has 0 bridgehead atoms. The molecule has 2 aromatic rings. The highest BCUT2D eigenvalue weighted by Crippen LogP contribution is 2.29. The summed E-state index contributed by atoms with van der Waals surface area (Å²) in [6.45, 7) is 4.34. The van der Waals surface area contributed by atoms with Crippen LogP contribution in [0.25, 0.3) is 11.1 Å². The molecule has 1 fully saturated rings. The van der Waals surface area contributed by atoms with E-state index >= 15 is 0 Å². The Morgan fingerprint density at radius 3 is 2.52 bits per heavy atom. The van der Waals surface area contributed by atoms with Gasteiger partial charge in [-0.05, 0) is 30.4 Å². The molecule has 0 unspecified atom stereocenters.